The van der Waals surface area contributed by atoms with Crippen LogP contribution >= 0.6 is 0 Å². The summed E-state index contributed by atoms with van der Waals surface area (Å²) in [5.41, 5.74) is 5.34. The highest BCUT2D eigenvalue weighted by atomic mass is 16.4. The molecule has 0 saturated heterocycles. The summed E-state index contributed by atoms with van der Waals surface area (Å²) in [6.07, 6.45) is 1.69. The van der Waals surface area contributed by atoms with Gasteiger partial charge in [-0.25, -0.2) is 4.98 Å². The zero-order valence-corrected chi connectivity index (χ0v) is 18.5. The van der Waals surface area contributed by atoms with Gasteiger partial charge < -0.3 is 14.6 Å². The normalized spacial score (nSPS) is 10.9. The van der Waals surface area contributed by atoms with E-state index in [1.807, 2.05) is 50.4 Å². The number of amides is 1. The van der Waals surface area contributed by atoms with Crippen molar-refractivity contribution in [2.45, 2.75) is 13.5 Å². The Morgan fingerprint density at radius 3 is 2.31 bits per heavy atom. The highest BCUT2D eigenvalue weighted by Crippen LogP contribution is 2.27. The lowest BCUT2D eigenvalue weighted by atomic mass is 10.1. The first kappa shape index (κ1) is 21.3. The van der Waals surface area contributed by atoms with Crippen LogP contribution in [0.2, 0.25) is 0 Å². The number of aryl methyl sites for hydroxylation is 1. The first-order valence-electron chi connectivity index (χ1n) is 10.2. The molecule has 0 aliphatic carbocycles. The quantitative estimate of drug-likeness (QED) is 0.496. The molecule has 8 heteroatoms. The smallest absolute Gasteiger partial charge is 0.268 e. The minimum Gasteiger partial charge on any atom is -0.415 e. The van der Waals surface area contributed by atoms with Crippen LogP contribution in [0.5, 0.6) is 0 Å². The molecule has 1 N–H and O–H groups in total. The van der Waals surface area contributed by atoms with Crippen LogP contribution in [0.3, 0.4) is 0 Å². The molecule has 0 aliphatic heterocycles. The third-order valence-electron chi connectivity index (χ3n) is 5.00. The van der Waals surface area contributed by atoms with Gasteiger partial charge in [0, 0.05) is 38.8 Å². The van der Waals surface area contributed by atoms with Crippen molar-refractivity contribution in [3.05, 3.63) is 71.5 Å². The van der Waals surface area contributed by atoms with Crippen LogP contribution in [-0.2, 0) is 6.54 Å². The molecule has 164 valence electrons. The Balaban J connectivity index is 0.00000306. The zero-order valence-electron chi connectivity index (χ0n) is 18.5. The van der Waals surface area contributed by atoms with Crippen molar-refractivity contribution in [1.29, 1.82) is 0 Å². The van der Waals surface area contributed by atoms with Crippen LogP contribution in [0.25, 0.3) is 34.3 Å². The second kappa shape index (κ2) is 9.07. The van der Waals surface area contributed by atoms with Gasteiger partial charge in [-0.3, -0.25) is 9.78 Å². The van der Waals surface area contributed by atoms with E-state index in [-0.39, 0.29) is 7.33 Å². The maximum atomic E-state index is 12.1. The average Bonchev–Trinajstić information content (AvgIpc) is 3.30. The third kappa shape index (κ3) is 4.40. The van der Waals surface area contributed by atoms with Gasteiger partial charge in [0.15, 0.2) is 0 Å². The Hall–Kier alpha value is -3.91. The van der Waals surface area contributed by atoms with Crippen LogP contribution in [0.4, 0.5) is 0 Å². The number of carbonyl (C=O) groups excluding carboxylic acids is 1. The summed E-state index contributed by atoms with van der Waals surface area (Å²) in [4.78, 5) is 22.8. The van der Waals surface area contributed by atoms with Crippen molar-refractivity contribution in [3.8, 4) is 34.3 Å². The van der Waals surface area contributed by atoms with E-state index in [0.29, 0.717) is 34.4 Å². The van der Waals surface area contributed by atoms with Crippen molar-refractivity contribution >= 4 is 5.91 Å². The van der Waals surface area contributed by atoms with E-state index in [2.05, 4.69) is 20.5 Å². The van der Waals surface area contributed by atoms with Gasteiger partial charge >= 0.3 is 0 Å². The molecule has 0 radical (unpaired) electrons. The fraction of sp³-hybridized carbons (Fsp3) is 0.208. The minimum atomic E-state index is -0.0513. The SMILES string of the molecule is CNCc1ccc(-c2nnc(-c3nc(-c4ccc(C(=O)N(C)C)cc4)cnc3C)o2)cc1.[HH]. The highest BCUT2D eigenvalue weighted by Gasteiger charge is 2.16. The summed E-state index contributed by atoms with van der Waals surface area (Å²) in [7, 11) is 5.36. The van der Waals surface area contributed by atoms with Gasteiger partial charge in [0.05, 0.1) is 17.6 Å². The molecule has 8 nitrogen and oxygen atoms in total. The van der Waals surface area contributed by atoms with Crippen molar-refractivity contribution < 1.29 is 10.6 Å². The predicted octanol–water partition coefficient (Wildman–Crippen LogP) is 3.84. The summed E-state index contributed by atoms with van der Waals surface area (Å²) in [6.45, 7) is 2.64. The van der Waals surface area contributed by atoms with Gasteiger partial charge in [-0.05, 0) is 43.8 Å². The number of benzene rings is 2. The summed E-state index contributed by atoms with van der Waals surface area (Å²) in [5, 5.41) is 11.5. The van der Waals surface area contributed by atoms with Crippen LogP contribution in [0.15, 0.2) is 59.1 Å². The number of aromatic nitrogens is 4. The fourth-order valence-electron chi connectivity index (χ4n) is 3.24. The zero-order chi connectivity index (χ0) is 22.7. The number of carbonyl (C=O) groups is 1. The minimum absolute atomic E-state index is 0. The average molecular weight is 431 g/mol. The molecule has 0 bridgehead atoms. The van der Waals surface area contributed by atoms with E-state index in [9.17, 15) is 4.79 Å². The van der Waals surface area contributed by atoms with E-state index in [4.69, 9.17) is 9.40 Å². The summed E-state index contributed by atoms with van der Waals surface area (Å²) >= 11 is 0. The van der Waals surface area contributed by atoms with Gasteiger partial charge in [-0.1, -0.05) is 24.3 Å². The lowest BCUT2D eigenvalue weighted by Gasteiger charge is -2.10. The first-order valence-corrected chi connectivity index (χ1v) is 10.2. The molecule has 0 aliphatic rings. The molecular weight excluding hydrogens is 404 g/mol. The first-order chi connectivity index (χ1) is 15.5. The molecule has 0 atom stereocenters. The largest absolute Gasteiger partial charge is 0.415 e. The number of rotatable bonds is 6. The molecule has 0 saturated carbocycles. The van der Waals surface area contributed by atoms with Crippen LogP contribution in [0.1, 0.15) is 23.0 Å². The Morgan fingerprint density at radius 2 is 1.66 bits per heavy atom. The van der Waals surface area contributed by atoms with E-state index >= 15 is 0 Å². The predicted molar refractivity (Wildman–Crippen MR) is 124 cm³/mol. The van der Waals surface area contributed by atoms with Gasteiger partial charge in [-0.2, -0.15) is 0 Å². The van der Waals surface area contributed by atoms with E-state index in [0.717, 1.165) is 17.7 Å². The Labute approximate surface area is 187 Å². The molecule has 4 aromatic rings. The Bertz CT molecular complexity index is 1240. The van der Waals surface area contributed by atoms with Crippen LogP contribution in [-0.4, -0.2) is 52.1 Å². The summed E-state index contributed by atoms with van der Waals surface area (Å²) in [5.74, 6) is 0.685. The van der Waals surface area contributed by atoms with Crippen molar-refractivity contribution in [2.24, 2.45) is 0 Å². The Morgan fingerprint density at radius 1 is 1.00 bits per heavy atom. The molecule has 0 spiro atoms. The second-order valence-corrected chi connectivity index (χ2v) is 7.61. The van der Waals surface area contributed by atoms with Crippen LogP contribution in [0, 0.1) is 6.92 Å². The van der Waals surface area contributed by atoms with E-state index < -0.39 is 0 Å². The van der Waals surface area contributed by atoms with Gasteiger partial charge in [0.1, 0.15) is 5.69 Å². The van der Waals surface area contributed by atoms with Gasteiger partial charge in [0.25, 0.3) is 11.8 Å². The highest BCUT2D eigenvalue weighted by molar-refractivity contribution is 5.94. The summed E-state index contributed by atoms with van der Waals surface area (Å²) < 4.78 is 5.91. The van der Waals surface area contributed by atoms with Gasteiger partial charge in [-0.15, -0.1) is 10.2 Å². The maximum absolute atomic E-state index is 12.1. The molecule has 1 amide bonds. The van der Waals surface area contributed by atoms with E-state index in [1.54, 1.807) is 37.3 Å². The molecular formula is C24H26N6O2. The van der Waals surface area contributed by atoms with E-state index in [1.165, 1.54) is 5.56 Å². The fourth-order valence-corrected chi connectivity index (χ4v) is 3.24. The van der Waals surface area contributed by atoms with Crippen molar-refractivity contribution in [1.82, 2.24) is 30.4 Å². The van der Waals surface area contributed by atoms with Gasteiger partial charge in [0.2, 0.25) is 5.89 Å². The molecule has 32 heavy (non-hydrogen) atoms. The molecule has 2 heterocycles. The molecule has 4 rings (SSSR count). The number of hydrogen-bond donors (Lipinski definition) is 1. The monoisotopic (exact) mass is 430 g/mol. The lowest BCUT2D eigenvalue weighted by Crippen LogP contribution is -2.21. The summed E-state index contributed by atoms with van der Waals surface area (Å²) in [6, 6.07) is 15.2. The standard InChI is InChI=1S/C24H24N6O2.H2/c1-15-21(23-29-28-22(32-23)18-7-5-16(6-8-18)13-25-2)27-20(14-26-15)17-9-11-19(12-10-17)24(31)30(3)4;/h5-12,14,25H,13H2,1-4H3;1H. The molecule has 2 aromatic carbocycles. The number of nitrogens with zero attached hydrogens (tertiary/aromatic N) is 5. The van der Waals surface area contributed by atoms with Crippen LogP contribution < -0.4 is 5.32 Å². The van der Waals surface area contributed by atoms with Crippen molar-refractivity contribution in [2.75, 3.05) is 21.1 Å². The van der Waals surface area contributed by atoms with Crippen molar-refractivity contribution in [3.63, 3.8) is 0 Å². The maximum Gasteiger partial charge on any atom is 0.268 e. The third-order valence-corrected chi connectivity index (χ3v) is 5.00. The lowest BCUT2D eigenvalue weighted by molar-refractivity contribution is 0.0827. The molecule has 2 aromatic heterocycles. The number of hydrogen-bond acceptors (Lipinski definition) is 7. The number of nitrogens with one attached hydrogen (secondary N) is 1. The topological polar surface area (TPSA) is 97.0 Å². The Kier molecular flexibility index (Phi) is 6.04. The molecule has 0 fully saturated rings. The second-order valence-electron chi connectivity index (χ2n) is 7.61. The molecule has 0 unspecified atom stereocenters.